The van der Waals surface area contributed by atoms with Crippen molar-refractivity contribution in [3.63, 3.8) is 0 Å². The van der Waals surface area contributed by atoms with Crippen molar-refractivity contribution in [3.05, 3.63) is 87.5 Å². The van der Waals surface area contributed by atoms with Gasteiger partial charge in [0.15, 0.2) is 17.9 Å². The minimum absolute atomic E-state index is 0.00677. The largest absolute Gasteiger partial charge is 0.507 e. The van der Waals surface area contributed by atoms with Gasteiger partial charge < -0.3 is 44.8 Å². The van der Waals surface area contributed by atoms with Gasteiger partial charge >= 0.3 is 0 Å². The first-order valence-electron chi connectivity index (χ1n) is 16.4. The number of aromatic hydroxyl groups is 2. The van der Waals surface area contributed by atoms with Gasteiger partial charge in [0.05, 0.1) is 54.8 Å². The fourth-order valence-corrected chi connectivity index (χ4v) is 7.60. The highest BCUT2D eigenvalue weighted by atomic mass is 16.7. The lowest BCUT2D eigenvalue weighted by Gasteiger charge is -2.46. The van der Waals surface area contributed by atoms with E-state index in [0.29, 0.717) is 5.56 Å². The Kier molecular flexibility index (Phi) is 9.99. The molecule has 268 valence electrons. The molecule has 14 heteroatoms. The third-order valence-corrected chi connectivity index (χ3v) is 10.1. The zero-order chi connectivity index (χ0) is 36.8. The van der Waals surface area contributed by atoms with Crippen molar-refractivity contribution in [2.24, 2.45) is 0 Å². The van der Waals surface area contributed by atoms with Crippen LogP contribution < -0.4 is 4.74 Å². The molecule has 5 unspecified atom stereocenters. The highest BCUT2D eigenvalue weighted by molar-refractivity contribution is 6.31. The fourth-order valence-electron chi connectivity index (χ4n) is 7.60. The van der Waals surface area contributed by atoms with Crippen molar-refractivity contribution in [1.82, 2.24) is 4.90 Å². The van der Waals surface area contributed by atoms with Crippen LogP contribution in [0, 0.1) is 11.3 Å². The van der Waals surface area contributed by atoms with Gasteiger partial charge in [-0.05, 0) is 18.6 Å². The van der Waals surface area contributed by atoms with E-state index in [4.69, 9.17) is 14.2 Å². The molecule has 51 heavy (non-hydrogen) atoms. The zero-order valence-electron chi connectivity index (χ0n) is 27.9. The van der Waals surface area contributed by atoms with Crippen molar-refractivity contribution in [2.75, 3.05) is 26.9 Å². The van der Waals surface area contributed by atoms with Crippen LogP contribution in [-0.4, -0.2) is 110 Å². The number of nitriles is 1. The topological polar surface area (TPSA) is 227 Å². The summed E-state index contributed by atoms with van der Waals surface area (Å²) in [6, 6.07) is 13.6. The number of benzene rings is 3. The SMILES string of the molecule is COc1cccc2c1C(=O)c1c(O)c3c(c(O)c1C2=O)C[C@@](O)(C(=O)CO)C[C@@H]3OC1CC(N(CCO)C(C#N)c2ccccc2)C(O)C(C)O1. The number of methoxy groups -OCH3 is 1. The minimum Gasteiger partial charge on any atom is -0.507 e. The molecule has 0 bridgehead atoms. The predicted octanol–water partition coefficient (Wildman–Crippen LogP) is 1.60. The Bertz CT molecular complexity index is 1910. The van der Waals surface area contributed by atoms with E-state index in [0.717, 1.165) is 0 Å². The van der Waals surface area contributed by atoms with Crippen LogP contribution in [-0.2, 0) is 20.7 Å². The normalized spacial score (nSPS) is 26.1. The van der Waals surface area contributed by atoms with Gasteiger partial charge in [0, 0.05) is 48.5 Å². The van der Waals surface area contributed by atoms with Gasteiger partial charge in [0.2, 0.25) is 5.78 Å². The number of aliphatic hydroxyl groups excluding tert-OH is 3. The van der Waals surface area contributed by atoms with Crippen LogP contribution in [0.25, 0.3) is 0 Å². The first kappa shape index (κ1) is 36.1. The van der Waals surface area contributed by atoms with Crippen molar-refractivity contribution in [1.29, 1.82) is 5.26 Å². The van der Waals surface area contributed by atoms with Crippen LogP contribution in [0.4, 0.5) is 0 Å². The molecule has 2 aliphatic carbocycles. The summed E-state index contributed by atoms with van der Waals surface area (Å²) in [6.07, 6.45) is -6.05. The first-order chi connectivity index (χ1) is 24.4. The number of aliphatic hydroxyl groups is 4. The van der Waals surface area contributed by atoms with Gasteiger partial charge in [-0.3, -0.25) is 19.3 Å². The van der Waals surface area contributed by atoms with Gasteiger partial charge in [-0.15, -0.1) is 0 Å². The van der Waals surface area contributed by atoms with Gasteiger partial charge in [-0.25, -0.2) is 0 Å². The van der Waals surface area contributed by atoms with Crippen LogP contribution in [0.15, 0.2) is 48.5 Å². The molecule has 0 amide bonds. The summed E-state index contributed by atoms with van der Waals surface area (Å²) in [5.74, 6) is -4.03. The molecule has 0 spiro atoms. The maximum atomic E-state index is 14.0. The number of Topliss-reactive ketones (excluding diaryl/α,β-unsaturated/α-hetero) is 1. The zero-order valence-corrected chi connectivity index (χ0v) is 27.9. The van der Waals surface area contributed by atoms with Gasteiger partial charge in [-0.2, -0.15) is 5.26 Å². The summed E-state index contributed by atoms with van der Waals surface area (Å²) in [5, 5.41) is 76.3. The van der Waals surface area contributed by atoms with Crippen LogP contribution >= 0.6 is 0 Å². The Morgan fingerprint density at radius 1 is 1.06 bits per heavy atom. The number of nitrogens with zero attached hydrogens (tertiary/aromatic N) is 2. The summed E-state index contributed by atoms with van der Waals surface area (Å²) in [4.78, 5) is 42.3. The first-order valence-corrected chi connectivity index (χ1v) is 16.4. The van der Waals surface area contributed by atoms with E-state index >= 15 is 0 Å². The Balaban J connectivity index is 1.43. The number of hydrogen-bond donors (Lipinski definition) is 6. The molecule has 1 aliphatic heterocycles. The Hall–Kier alpha value is -4.72. The average molecular weight is 703 g/mol. The molecular weight excluding hydrogens is 664 g/mol. The summed E-state index contributed by atoms with van der Waals surface area (Å²) < 4.78 is 17.7. The fraction of sp³-hybridized carbons (Fsp3) is 0.405. The molecule has 14 nitrogen and oxygen atoms in total. The number of fused-ring (bicyclic) bond motifs is 3. The quantitative estimate of drug-likeness (QED) is 0.129. The number of ether oxygens (including phenoxy) is 3. The summed E-state index contributed by atoms with van der Waals surface area (Å²) in [6.45, 7) is 0.147. The molecule has 7 atom stereocenters. The van der Waals surface area contributed by atoms with Gasteiger partial charge in [0.1, 0.15) is 35.5 Å². The van der Waals surface area contributed by atoms with E-state index in [1.54, 1.807) is 42.2 Å². The molecule has 3 aliphatic rings. The van der Waals surface area contributed by atoms with Crippen molar-refractivity contribution >= 4 is 17.3 Å². The summed E-state index contributed by atoms with van der Waals surface area (Å²) in [5.41, 5.74) is -3.38. The van der Waals surface area contributed by atoms with Gasteiger partial charge in [0.25, 0.3) is 0 Å². The van der Waals surface area contributed by atoms with Crippen molar-refractivity contribution in [3.8, 4) is 23.3 Å². The van der Waals surface area contributed by atoms with Crippen LogP contribution in [0.3, 0.4) is 0 Å². The standard InChI is InChI=1S/C37H38N2O12/c1-18-32(43)22(39(11-12-40)23(16-38)19-7-4-3-5-8-19)13-27(50-18)51-25-15-37(48,26(42)17-41)14-21-29(25)36(47)31-30(34(21)45)33(44)20-9-6-10-24(49-2)28(20)35(31)46/h3-10,18,22-23,25,27,32,40-41,43,45,47-48H,11-15,17H2,1-2H3/t18?,22?,23?,25-,27?,32?,37-/m0/s1. The predicted molar refractivity (Wildman–Crippen MR) is 176 cm³/mol. The van der Waals surface area contributed by atoms with E-state index in [1.807, 2.05) is 0 Å². The van der Waals surface area contributed by atoms with Crippen LogP contribution in [0.1, 0.15) is 80.4 Å². The number of phenolic OH excluding ortho intramolecular Hbond substituents is 2. The lowest BCUT2D eigenvalue weighted by molar-refractivity contribution is -0.260. The average Bonchev–Trinajstić information content (AvgIpc) is 3.13. The molecule has 3 aromatic carbocycles. The number of hydrogen-bond acceptors (Lipinski definition) is 14. The Morgan fingerprint density at radius 3 is 2.41 bits per heavy atom. The van der Waals surface area contributed by atoms with Crippen molar-refractivity contribution in [2.45, 2.75) is 68.5 Å². The Labute approximate surface area is 292 Å². The van der Waals surface area contributed by atoms with E-state index in [1.165, 1.54) is 25.3 Å². The molecule has 3 aromatic rings. The summed E-state index contributed by atoms with van der Waals surface area (Å²) in [7, 11) is 1.31. The highest BCUT2D eigenvalue weighted by Gasteiger charge is 2.51. The molecule has 6 rings (SSSR count). The Morgan fingerprint density at radius 2 is 1.76 bits per heavy atom. The van der Waals surface area contributed by atoms with E-state index < -0.39 is 102 Å². The smallest absolute Gasteiger partial charge is 0.202 e. The lowest BCUT2D eigenvalue weighted by Crippen LogP contribution is -2.57. The number of rotatable bonds is 10. The molecule has 1 heterocycles. The molecule has 0 saturated carbocycles. The molecule has 0 aromatic heterocycles. The van der Waals surface area contributed by atoms with Crippen molar-refractivity contribution < 1.29 is 59.2 Å². The summed E-state index contributed by atoms with van der Waals surface area (Å²) >= 11 is 0. The monoisotopic (exact) mass is 702 g/mol. The highest BCUT2D eigenvalue weighted by Crippen LogP contribution is 2.52. The maximum Gasteiger partial charge on any atom is 0.202 e. The second-order valence-corrected chi connectivity index (χ2v) is 13.0. The molecular formula is C37H38N2O12. The van der Waals surface area contributed by atoms with E-state index in [9.17, 15) is 50.3 Å². The van der Waals surface area contributed by atoms with Crippen LogP contribution in [0.2, 0.25) is 0 Å². The number of carbonyl (C=O) groups excluding carboxylic acids is 3. The van der Waals surface area contributed by atoms with E-state index in [2.05, 4.69) is 6.07 Å². The van der Waals surface area contributed by atoms with E-state index in [-0.39, 0.29) is 47.6 Å². The molecule has 6 N–H and O–H groups in total. The van der Waals surface area contributed by atoms with Gasteiger partial charge in [-0.1, -0.05) is 42.5 Å². The molecule has 0 radical (unpaired) electrons. The lowest BCUT2D eigenvalue weighted by atomic mass is 9.72. The maximum absolute atomic E-state index is 14.0. The number of ketones is 3. The molecule has 1 saturated heterocycles. The number of phenols is 2. The third-order valence-electron chi connectivity index (χ3n) is 10.1. The number of carbonyl (C=O) groups is 3. The molecule has 1 fully saturated rings. The second kappa shape index (κ2) is 14.1. The minimum atomic E-state index is -2.34. The third kappa shape index (κ3) is 6.06. The van der Waals surface area contributed by atoms with Crippen LogP contribution in [0.5, 0.6) is 17.2 Å². The second-order valence-electron chi connectivity index (χ2n) is 13.0.